The molecule has 2 heterocycles. The van der Waals surface area contributed by atoms with E-state index in [1.165, 1.54) is 12.1 Å². The van der Waals surface area contributed by atoms with Crippen molar-refractivity contribution in [3.8, 4) is 11.5 Å². The summed E-state index contributed by atoms with van der Waals surface area (Å²) in [5, 5.41) is 9.51. The standard InChI is InChI=1S/C18H21F3N2O2/c1-12-16(10-23-9-3-2-4-15(23)11-24)22-17(25-12)13-5-7-14(8-6-13)18(19,20)21/h5-8,15,24H,2-4,9-11H2,1H3/t15-/m0/s1. The van der Waals surface area contributed by atoms with Crippen molar-refractivity contribution in [2.75, 3.05) is 13.2 Å². The van der Waals surface area contributed by atoms with Crippen LogP contribution in [-0.4, -0.2) is 34.2 Å². The molecule has 1 aromatic carbocycles. The van der Waals surface area contributed by atoms with Crippen molar-refractivity contribution in [3.63, 3.8) is 0 Å². The Morgan fingerprint density at radius 2 is 1.96 bits per heavy atom. The van der Waals surface area contributed by atoms with Gasteiger partial charge in [-0.25, -0.2) is 4.98 Å². The molecule has 3 rings (SSSR count). The predicted molar refractivity (Wildman–Crippen MR) is 86.8 cm³/mol. The molecule has 25 heavy (non-hydrogen) atoms. The van der Waals surface area contributed by atoms with Crippen LogP contribution < -0.4 is 0 Å². The van der Waals surface area contributed by atoms with Gasteiger partial charge < -0.3 is 9.52 Å². The largest absolute Gasteiger partial charge is 0.441 e. The topological polar surface area (TPSA) is 49.5 Å². The summed E-state index contributed by atoms with van der Waals surface area (Å²) in [4.78, 5) is 6.65. The molecule has 1 fully saturated rings. The number of aliphatic hydroxyl groups is 1. The fourth-order valence-corrected chi connectivity index (χ4v) is 3.17. The van der Waals surface area contributed by atoms with Crippen molar-refractivity contribution in [3.05, 3.63) is 41.3 Å². The van der Waals surface area contributed by atoms with Gasteiger partial charge in [-0.05, 0) is 50.6 Å². The SMILES string of the molecule is Cc1oc(-c2ccc(C(F)(F)F)cc2)nc1CN1CCCC[C@H]1CO. The molecule has 0 spiro atoms. The molecule has 0 aliphatic carbocycles. The van der Waals surface area contributed by atoms with Crippen molar-refractivity contribution < 1.29 is 22.7 Å². The zero-order valence-electron chi connectivity index (χ0n) is 14.0. The van der Waals surface area contributed by atoms with E-state index in [1.807, 2.05) is 0 Å². The molecule has 1 saturated heterocycles. The molecule has 0 radical (unpaired) electrons. The third kappa shape index (κ3) is 4.04. The number of alkyl halides is 3. The number of aryl methyl sites for hydroxylation is 1. The van der Waals surface area contributed by atoms with Crippen LogP contribution in [0.15, 0.2) is 28.7 Å². The molecule has 1 aliphatic rings. The van der Waals surface area contributed by atoms with Crippen LogP contribution in [0.3, 0.4) is 0 Å². The van der Waals surface area contributed by atoms with Crippen LogP contribution in [0.5, 0.6) is 0 Å². The quantitative estimate of drug-likeness (QED) is 0.901. The average molecular weight is 354 g/mol. The molecule has 1 atom stereocenters. The maximum atomic E-state index is 12.7. The smallest absolute Gasteiger partial charge is 0.416 e. The number of piperidine rings is 1. The normalized spacial score (nSPS) is 19.3. The van der Waals surface area contributed by atoms with Crippen LogP contribution in [0.2, 0.25) is 0 Å². The van der Waals surface area contributed by atoms with Crippen LogP contribution >= 0.6 is 0 Å². The van der Waals surface area contributed by atoms with Crippen molar-refractivity contribution in [1.82, 2.24) is 9.88 Å². The van der Waals surface area contributed by atoms with Gasteiger partial charge in [-0.15, -0.1) is 0 Å². The second-order valence-electron chi connectivity index (χ2n) is 6.40. The number of halogens is 3. The number of benzene rings is 1. The van der Waals surface area contributed by atoms with Gasteiger partial charge in [0.2, 0.25) is 5.89 Å². The van der Waals surface area contributed by atoms with Gasteiger partial charge in [0.15, 0.2) is 0 Å². The number of rotatable bonds is 4. The Labute approximate surface area is 144 Å². The van der Waals surface area contributed by atoms with Crippen molar-refractivity contribution in [2.45, 2.75) is 44.9 Å². The number of aromatic nitrogens is 1. The molecular weight excluding hydrogens is 333 g/mol. The first-order chi connectivity index (χ1) is 11.9. The molecule has 4 nitrogen and oxygen atoms in total. The molecule has 1 aromatic heterocycles. The third-order valence-electron chi connectivity index (χ3n) is 4.66. The molecule has 136 valence electrons. The van der Waals surface area contributed by atoms with E-state index in [0.717, 1.165) is 43.6 Å². The van der Waals surface area contributed by atoms with Gasteiger partial charge in [0.1, 0.15) is 5.76 Å². The fourth-order valence-electron chi connectivity index (χ4n) is 3.17. The van der Waals surface area contributed by atoms with Crippen molar-refractivity contribution in [1.29, 1.82) is 0 Å². The molecule has 1 N–H and O–H groups in total. The highest BCUT2D eigenvalue weighted by Crippen LogP contribution is 2.31. The molecule has 1 aliphatic heterocycles. The van der Waals surface area contributed by atoms with Gasteiger partial charge in [0.25, 0.3) is 0 Å². The second kappa shape index (κ2) is 7.17. The Hall–Kier alpha value is -1.86. The first kappa shape index (κ1) is 17.9. The summed E-state index contributed by atoms with van der Waals surface area (Å²) in [5.41, 5.74) is 0.578. The lowest BCUT2D eigenvalue weighted by Crippen LogP contribution is -2.41. The third-order valence-corrected chi connectivity index (χ3v) is 4.66. The number of hydrogen-bond donors (Lipinski definition) is 1. The van der Waals surface area contributed by atoms with E-state index in [0.29, 0.717) is 23.8 Å². The minimum absolute atomic E-state index is 0.114. The second-order valence-corrected chi connectivity index (χ2v) is 6.40. The van der Waals surface area contributed by atoms with Crippen LogP contribution in [0.4, 0.5) is 13.2 Å². The highest BCUT2D eigenvalue weighted by atomic mass is 19.4. The number of likely N-dealkylation sites (tertiary alicyclic amines) is 1. The highest BCUT2D eigenvalue weighted by molar-refractivity contribution is 5.54. The van der Waals surface area contributed by atoms with Crippen LogP contribution in [0, 0.1) is 6.92 Å². The zero-order valence-corrected chi connectivity index (χ0v) is 14.0. The summed E-state index contributed by atoms with van der Waals surface area (Å²) in [6.07, 6.45) is -1.21. The molecule has 0 saturated carbocycles. The summed E-state index contributed by atoms with van der Waals surface area (Å²) in [7, 11) is 0. The Morgan fingerprint density at radius 1 is 1.24 bits per heavy atom. The van der Waals surface area contributed by atoms with E-state index in [1.54, 1.807) is 6.92 Å². The summed E-state index contributed by atoms with van der Waals surface area (Å²) >= 11 is 0. The minimum Gasteiger partial charge on any atom is -0.441 e. The number of oxazole rings is 1. The molecule has 0 bridgehead atoms. The lowest BCUT2D eigenvalue weighted by atomic mass is 10.0. The summed E-state index contributed by atoms with van der Waals surface area (Å²) in [5.74, 6) is 0.968. The van der Waals surface area contributed by atoms with Gasteiger partial charge in [-0.2, -0.15) is 13.2 Å². The van der Waals surface area contributed by atoms with Crippen LogP contribution in [-0.2, 0) is 12.7 Å². The fraction of sp³-hybridized carbons (Fsp3) is 0.500. The van der Waals surface area contributed by atoms with E-state index in [4.69, 9.17) is 4.42 Å². The minimum atomic E-state index is -4.36. The van der Waals surface area contributed by atoms with Crippen LogP contribution in [0.1, 0.15) is 36.3 Å². The molecular formula is C18H21F3N2O2. The molecule has 0 unspecified atom stereocenters. The summed E-state index contributed by atoms with van der Waals surface area (Å²) in [6.45, 7) is 3.38. The first-order valence-electron chi connectivity index (χ1n) is 8.37. The molecule has 0 amide bonds. The lowest BCUT2D eigenvalue weighted by molar-refractivity contribution is -0.137. The van der Waals surface area contributed by atoms with E-state index < -0.39 is 11.7 Å². The van der Waals surface area contributed by atoms with Gasteiger partial charge in [0, 0.05) is 18.2 Å². The van der Waals surface area contributed by atoms with Crippen molar-refractivity contribution >= 4 is 0 Å². The van der Waals surface area contributed by atoms with E-state index >= 15 is 0 Å². The zero-order chi connectivity index (χ0) is 18.0. The van der Waals surface area contributed by atoms with E-state index in [-0.39, 0.29) is 12.6 Å². The number of hydrogen-bond acceptors (Lipinski definition) is 4. The van der Waals surface area contributed by atoms with Gasteiger partial charge in [0.05, 0.1) is 17.9 Å². The Morgan fingerprint density at radius 3 is 2.60 bits per heavy atom. The van der Waals surface area contributed by atoms with Crippen LogP contribution in [0.25, 0.3) is 11.5 Å². The average Bonchev–Trinajstić information content (AvgIpc) is 2.95. The summed E-state index contributed by atoms with van der Waals surface area (Å²) < 4.78 is 43.6. The lowest BCUT2D eigenvalue weighted by Gasteiger charge is -2.33. The van der Waals surface area contributed by atoms with Gasteiger partial charge in [-0.1, -0.05) is 6.42 Å². The number of nitrogens with zero attached hydrogens (tertiary/aromatic N) is 2. The maximum absolute atomic E-state index is 12.7. The molecule has 7 heteroatoms. The number of aliphatic hydroxyl groups excluding tert-OH is 1. The Bertz CT molecular complexity index is 710. The van der Waals surface area contributed by atoms with Crippen molar-refractivity contribution in [2.24, 2.45) is 0 Å². The maximum Gasteiger partial charge on any atom is 0.416 e. The molecule has 2 aromatic rings. The van der Waals surface area contributed by atoms with E-state index in [2.05, 4.69) is 9.88 Å². The monoisotopic (exact) mass is 354 g/mol. The first-order valence-corrected chi connectivity index (χ1v) is 8.37. The van der Waals surface area contributed by atoms with Gasteiger partial charge >= 0.3 is 6.18 Å². The highest BCUT2D eigenvalue weighted by Gasteiger charge is 2.30. The van der Waals surface area contributed by atoms with Gasteiger partial charge in [-0.3, -0.25) is 4.90 Å². The van der Waals surface area contributed by atoms with E-state index in [9.17, 15) is 18.3 Å². The Kier molecular flexibility index (Phi) is 5.15. The summed E-state index contributed by atoms with van der Waals surface area (Å²) in [6, 6.07) is 4.92. The predicted octanol–water partition coefficient (Wildman–Crippen LogP) is 4.02. The Balaban J connectivity index is 1.78.